The van der Waals surface area contributed by atoms with Crippen LogP contribution in [0.3, 0.4) is 0 Å². The van der Waals surface area contributed by atoms with E-state index in [2.05, 4.69) is 22.0 Å². The molecule has 18 heavy (non-hydrogen) atoms. The molecule has 0 aromatic heterocycles. The Morgan fingerprint density at radius 3 is 2.61 bits per heavy atom. The molecule has 4 heteroatoms. The molecule has 2 bridgehead atoms. The number of carbonyl (C=O) groups is 1. The minimum Gasteiger partial charge on any atom is -0.341 e. The molecule has 0 saturated carbocycles. The molecule has 3 aliphatic heterocycles. The van der Waals surface area contributed by atoms with Gasteiger partial charge in [0.05, 0.1) is 6.04 Å². The van der Waals surface area contributed by atoms with Gasteiger partial charge in [0.2, 0.25) is 5.91 Å². The van der Waals surface area contributed by atoms with Gasteiger partial charge in [-0.15, -0.1) is 0 Å². The maximum absolute atomic E-state index is 12.4. The largest absolute Gasteiger partial charge is 0.341 e. The summed E-state index contributed by atoms with van der Waals surface area (Å²) in [6, 6.07) is 1.39. The molecule has 3 atom stereocenters. The molecule has 3 unspecified atom stereocenters. The summed E-state index contributed by atoms with van der Waals surface area (Å²) in [5.41, 5.74) is 0. The Morgan fingerprint density at radius 2 is 1.83 bits per heavy atom. The zero-order chi connectivity index (χ0) is 12.5. The van der Waals surface area contributed by atoms with Gasteiger partial charge in [-0.2, -0.15) is 0 Å². The van der Waals surface area contributed by atoms with E-state index in [-0.39, 0.29) is 6.04 Å². The number of nitrogens with one attached hydrogen (secondary N) is 1. The van der Waals surface area contributed by atoms with Crippen LogP contribution in [0.2, 0.25) is 0 Å². The van der Waals surface area contributed by atoms with Gasteiger partial charge in [-0.3, -0.25) is 9.69 Å². The Hall–Kier alpha value is -0.610. The van der Waals surface area contributed by atoms with Gasteiger partial charge in [0, 0.05) is 38.3 Å². The van der Waals surface area contributed by atoms with Crippen LogP contribution in [-0.2, 0) is 4.79 Å². The summed E-state index contributed by atoms with van der Waals surface area (Å²) in [4.78, 5) is 16.9. The first kappa shape index (κ1) is 12.4. The van der Waals surface area contributed by atoms with Crippen LogP contribution in [-0.4, -0.2) is 60.0 Å². The van der Waals surface area contributed by atoms with Gasteiger partial charge in [-0.05, 0) is 39.0 Å². The number of hydrogen-bond acceptors (Lipinski definition) is 3. The molecule has 0 aliphatic carbocycles. The minimum atomic E-state index is 0.0734. The predicted octanol–water partition coefficient (Wildman–Crippen LogP) is 0.824. The third-order valence-electron chi connectivity index (χ3n) is 4.88. The highest BCUT2D eigenvalue weighted by Gasteiger charge is 2.34. The van der Waals surface area contributed by atoms with E-state index in [0.29, 0.717) is 18.0 Å². The minimum absolute atomic E-state index is 0.0734. The number of nitrogens with zero attached hydrogens (tertiary/aromatic N) is 2. The Morgan fingerprint density at radius 1 is 1.11 bits per heavy atom. The van der Waals surface area contributed by atoms with E-state index in [0.717, 1.165) is 26.2 Å². The molecular formula is C14H25N3O. The molecule has 3 saturated heterocycles. The lowest BCUT2D eigenvalue weighted by Crippen LogP contribution is -2.49. The van der Waals surface area contributed by atoms with Crippen molar-refractivity contribution in [1.29, 1.82) is 0 Å². The smallest absolute Gasteiger partial charge is 0.239 e. The molecule has 3 rings (SSSR count). The van der Waals surface area contributed by atoms with Crippen LogP contribution in [0.4, 0.5) is 0 Å². The molecule has 3 heterocycles. The molecular weight excluding hydrogens is 226 g/mol. The molecule has 0 radical (unpaired) electrons. The van der Waals surface area contributed by atoms with Gasteiger partial charge in [-0.1, -0.05) is 0 Å². The zero-order valence-corrected chi connectivity index (χ0v) is 11.4. The Kier molecular flexibility index (Phi) is 3.57. The number of likely N-dealkylation sites (tertiary alicyclic amines) is 2. The fourth-order valence-electron chi connectivity index (χ4n) is 3.68. The first-order chi connectivity index (χ1) is 8.74. The van der Waals surface area contributed by atoms with E-state index >= 15 is 0 Å². The number of amides is 1. The van der Waals surface area contributed by atoms with E-state index in [4.69, 9.17) is 0 Å². The molecule has 1 amide bonds. The highest BCUT2D eigenvalue weighted by molar-refractivity contribution is 5.81. The molecule has 102 valence electrons. The maximum atomic E-state index is 12.4. The van der Waals surface area contributed by atoms with Gasteiger partial charge in [-0.25, -0.2) is 0 Å². The van der Waals surface area contributed by atoms with Crippen LogP contribution in [0.15, 0.2) is 0 Å². The third-order valence-corrected chi connectivity index (χ3v) is 4.88. The number of fused-ring (bicyclic) bond motifs is 2. The van der Waals surface area contributed by atoms with Crippen molar-refractivity contribution in [3.8, 4) is 0 Å². The second-order valence-electron chi connectivity index (χ2n) is 6.13. The highest BCUT2D eigenvalue weighted by atomic mass is 16.2. The van der Waals surface area contributed by atoms with E-state index in [1.165, 1.54) is 32.1 Å². The van der Waals surface area contributed by atoms with Crippen molar-refractivity contribution in [2.45, 2.75) is 57.2 Å². The first-order valence-electron chi connectivity index (χ1n) is 7.53. The normalized spacial score (nSPS) is 34.6. The molecule has 4 nitrogen and oxygen atoms in total. The van der Waals surface area contributed by atoms with Gasteiger partial charge in [0.15, 0.2) is 0 Å². The summed E-state index contributed by atoms with van der Waals surface area (Å²) in [6.45, 7) is 6.18. The van der Waals surface area contributed by atoms with Crippen LogP contribution in [0.5, 0.6) is 0 Å². The second-order valence-corrected chi connectivity index (χ2v) is 6.13. The number of rotatable bonds is 2. The maximum Gasteiger partial charge on any atom is 0.239 e. The lowest BCUT2D eigenvalue weighted by molar-refractivity contribution is -0.135. The van der Waals surface area contributed by atoms with Gasteiger partial charge in [0.1, 0.15) is 0 Å². The fraction of sp³-hybridized carbons (Fsp3) is 0.929. The quantitative estimate of drug-likeness (QED) is 0.789. The summed E-state index contributed by atoms with van der Waals surface area (Å²) in [5, 5.41) is 3.68. The summed E-state index contributed by atoms with van der Waals surface area (Å²) < 4.78 is 0. The lowest BCUT2D eigenvalue weighted by atomic mass is 10.1. The topological polar surface area (TPSA) is 35.6 Å². The molecule has 0 aromatic carbocycles. The standard InChI is InChI=1S/C14H25N3O/c1-11(14(18)16-7-2-3-8-16)17-9-6-12-4-5-13(10-17)15-12/h11-13,15H,2-10H2,1H3. The average Bonchev–Trinajstić information content (AvgIpc) is 2.97. The highest BCUT2D eigenvalue weighted by Crippen LogP contribution is 2.22. The molecule has 1 N–H and O–H groups in total. The van der Waals surface area contributed by atoms with Crippen molar-refractivity contribution in [2.24, 2.45) is 0 Å². The van der Waals surface area contributed by atoms with E-state index in [1.54, 1.807) is 0 Å². The third kappa shape index (κ3) is 2.41. The Balaban J connectivity index is 1.61. The predicted molar refractivity (Wildman–Crippen MR) is 71.4 cm³/mol. The van der Waals surface area contributed by atoms with Crippen LogP contribution < -0.4 is 5.32 Å². The van der Waals surface area contributed by atoms with Gasteiger partial charge in [0.25, 0.3) is 0 Å². The van der Waals surface area contributed by atoms with Crippen molar-refractivity contribution in [3.05, 3.63) is 0 Å². The van der Waals surface area contributed by atoms with E-state index in [1.807, 2.05) is 0 Å². The van der Waals surface area contributed by atoms with E-state index in [9.17, 15) is 4.79 Å². The second kappa shape index (κ2) is 5.17. The lowest BCUT2D eigenvalue weighted by Gasteiger charge is -2.32. The first-order valence-corrected chi connectivity index (χ1v) is 7.53. The van der Waals surface area contributed by atoms with Crippen molar-refractivity contribution in [1.82, 2.24) is 15.1 Å². The number of hydrogen-bond donors (Lipinski definition) is 1. The average molecular weight is 251 g/mol. The number of carbonyl (C=O) groups excluding carboxylic acids is 1. The zero-order valence-electron chi connectivity index (χ0n) is 11.4. The summed E-state index contributed by atoms with van der Waals surface area (Å²) in [6.07, 6.45) is 6.18. The Labute approximate surface area is 110 Å². The molecule has 0 spiro atoms. The molecule has 0 aromatic rings. The van der Waals surface area contributed by atoms with E-state index < -0.39 is 0 Å². The van der Waals surface area contributed by atoms with Crippen molar-refractivity contribution < 1.29 is 4.79 Å². The summed E-state index contributed by atoms with van der Waals surface area (Å²) in [7, 11) is 0. The van der Waals surface area contributed by atoms with Gasteiger partial charge >= 0.3 is 0 Å². The van der Waals surface area contributed by atoms with Crippen molar-refractivity contribution >= 4 is 5.91 Å². The molecule has 3 fully saturated rings. The Bertz CT molecular complexity index is 314. The van der Waals surface area contributed by atoms with Crippen LogP contribution in [0.25, 0.3) is 0 Å². The van der Waals surface area contributed by atoms with Gasteiger partial charge < -0.3 is 10.2 Å². The SMILES string of the molecule is CC(C(=O)N1CCCC1)N1CCC2CCC(C1)N2. The van der Waals surface area contributed by atoms with Crippen LogP contribution >= 0.6 is 0 Å². The fourth-order valence-corrected chi connectivity index (χ4v) is 3.68. The summed E-state index contributed by atoms with van der Waals surface area (Å²) >= 11 is 0. The monoisotopic (exact) mass is 251 g/mol. The molecule has 3 aliphatic rings. The van der Waals surface area contributed by atoms with Crippen molar-refractivity contribution in [3.63, 3.8) is 0 Å². The van der Waals surface area contributed by atoms with Crippen LogP contribution in [0, 0.1) is 0 Å². The summed E-state index contributed by atoms with van der Waals surface area (Å²) in [5.74, 6) is 0.352. The van der Waals surface area contributed by atoms with Crippen LogP contribution in [0.1, 0.15) is 39.0 Å². The van der Waals surface area contributed by atoms with Crippen molar-refractivity contribution in [2.75, 3.05) is 26.2 Å².